The number of hydrogen-bond acceptors (Lipinski definition) is 7. The molecule has 196 valence electrons. The molecule has 2 bridgehead atoms. The second-order valence-corrected chi connectivity index (χ2v) is 12.3. The summed E-state index contributed by atoms with van der Waals surface area (Å²) in [5, 5.41) is 42.8. The molecule has 0 radical (unpaired) electrons. The van der Waals surface area contributed by atoms with Crippen molar-refractivity contribution in [2.75, 3.05) is 14.1 Å². The van der Waals surface area contributed by atoms with E-state index < -0.39 is 41.2 Å². The average Bonchev–Trinajstić information content (AvgIpc) is 3.42. The van der Waals surface area contributed by atoms with Crippen LogP contribution in [0.2, 0.25) is 0 Å². The van der Waals surface area contributed by atoms with Crippen molar-refractivity contribution in [3.63, 3.8) is 0 Å². The summed E-state index contributed by atoms with van der Waals surface area (Å²) in [6.45, 7) is 2.26. The van der Waals surface area contributed by atoms with E-state index in [1.165, 1.54) is 5.57 Å². The minimum absolute atomic E-state index is 0.0293. The molecule has 2 saturated heterocycles. The first-order chi connectivity index (χ1) is 17.6. The average molecular weight is 508 g/mol. The number of nitrogens with zero attached hydrogens (tertiary/aromatic N) is 3. The first kappa shape index (κ1) is 23.9. The van der Waals surface area contributed by atoms with Gasteiger partial charge in [0.2, 0.25) is 0 Å². The summed E-state index contributed by atoms with van der Waals surface area (Å²) in [7, 11) is 3.63. The van der Waals surface area contributed by atoms with E-state index in [4.69, 9.17) is 4.74 Å². The van der Waals surface area contributed by atoms with E-state index in [1.807, 2.05) is 37.2 Å². The van der Waals surface area contributed by atoms with Gasteiger partial charge in [-0.3, -0.25) is 0 Å². The lowest BCUT2D eigenvalue weighted by Crippen LogP contribution is -2.78. The van der Waals surface area contributed by atoms with Crippen LogP contribution in [0.15, 0.2) is 48.2 Å². The molecule has 3 heterocycles. The summed E-state index contributed by atoms with van der Waals surface area (Å²) in [6, 6.07) is 7.73. The van der Waals surface area contributed by atoms with E-state index in [0.717, 1.165) is 22.9 Å². The van der Waals surface area contributed by atoms with Crippen LogP contribution in [0.4, 0.5) is 4.39 Å². The first-order valence-electron chi connectivity index (χ1n) is 13.3. The van der Waals surface area contributed by atoms with Gasteiger partial charge in [-0.25, -0.2) is 4.39 Å². The number of allylic oxidation sites excluding steroid dienone is 3. The number of aliphatic hydroxyl groups is 3. The largest absolute Gasteiger partial charge is 0.389 e. The smallest absolute Gasteiger partial charge is 0.197 e. The van der Waals surface area contributed by atoms with Gasteiger partial charge in [0.15, 0.2) is 5.67 Å². The van der Waals surface area contributed by atoms with Crippen LogP contribution in [0.3, 0.4) is 0 Å². The molecule has 3 aliphatic carbocycles. The van der Waals surface area contributed by atoms with E-state index in [2.05, 4.69) is 35.3 Å². The van der Waals surface area contributed by atoms with Crippen LogP contribution in [-0.4, -0.2) is 85.7 Å². The summed E-state index contributed by atoms with van der Waals surface area (Å²) in [5.74, 6) is 0.0293. The van der Waals surface area contributed by atoms with Crippen LogP contribution in [0, 0.1) is 11.3 Å². The minimum atomic E-state index is -2.47. The van der Waals surface area contributed by atoms with Gasteiger partial charge in [-0.1, -0.05) is 25.1 Å². The number of fused-ring (bicyclic) bond motifs is 2. The normalized spacial score (nSPS) is 46.3. The van der Waals surface area contributed by atoms with Gasteiger partial charge in [0.05, 0.1) is 23.4 Å². The van der Waals surface area contributed by atoms with Crippen molar-refractivity contribution in [2.45, 2.75) is 80.3 Å². The second-order valence-electron chi connectivity index (χ2n) is 12.3. The lowest BCUT2D eigenvalue weighted by molar-refractivity contribution is -0.308. The zero-order valence-electron chi connectivity index (χ0n) is 21.4. The maximum absolute atomic E-state index is 17.0. The van der Waals surface area contributed by atoms with Gasteiger partial charge in [0.25, 0.3) is 0 Å². The molecule has 2 aliphatic heterocycles. The number of halogens is 1. The highest BCUT2D eigenvalue weighted by molar-refractivity contribution is 5.85. The SMILES string of the molecule is CN(C)C1CC23CCC4(O2)C(=CCC2(C)C(c5ccc6nnccc6c5)=CCC24)C(O)C3(F)C(O)C1O. The van der Waals surface area contributed by atoms with Crippen molar-refractivity contribution in [3.8, 4) is 0 Å². The third kappa shape index (κ3) is 2.73. The van der Waals surface area contributed by atoms with Crippen molar-refractivity contribution in [1.82, 2.24) is 15.1 Å². The number of aliphatic hydroxyl groups excluding tert-OH is 3. The first-order valence-corrected chi connectivity index (χ1v) is 13.3. The Morgan fingerprint density at radius 2 is 1.92 bits per heavy atom. The molecule has 2 aromatic rings. The van der Waals surface area contributed by atoms with Gasteiger partial charge < -0.3 is 25.0 Å². The number of aromatic nitrogens is 2. The number of benzene rings is 1. The zero-order valence-corrected chi connectivity index (χ0v) is 21.4. The van der Waals surface area contributed by atoms with Gasteiger partial charge in [0.1, 0.15) is 17.8 Å². The van der Waals surface area contributed by atoms with Gasteiger partial charge in [-0.15, -0.1) is 0 Å². The van der Waals surface area contributed by atoms with Gasteiger partial charge in [0, 0.05) is 22.8 Å². The molecule has 37 heavy (non-hydrogen) atoms. The van der Waals surface area contributed by atoms with Crippen LogP contribution in [0.1, 0.15) is 44.6 Å². The molecule has 2 spiro atoms. The van der Waals surface area contributed by atoms with E-state index in [0.29, 0.717) is 24.8 Å². The molecule has 1 aromatic carbocycles. The molecular weight excluding hydrogens is 473 g/mol. The highest BCUT2D eigenvalue weighted by atomic mass is 19.1. The molecule has 0 amide bonds. The Hall–Kier alpha value is -2.23. The van der Waals surface area contributed by atoms with Gasteiger partial charge in [-0.05, 0) is 81.1 Å². The van der Waals surface area contributed by atoms with Crippen molar-refractivity contribution in [1.29, 1.82) is 0 Å². The Morgan fingerprint density at radius 3 is 2.70 bits per heavy atom. The summed E-state index contributed by atoms with van der Waals surface area (Å²) < 4.78 is 23.9. The topological polar surface area (TPSA) is 98.9 Å². The monoisotopic (exact) mass is 507 g/mol. The van der Waals surface area contributed by atoms with Crippen LogP contribution >= 0.6 is 0 Å². The van der Waals surface area contributed by atoms with Crippen molar-refractivity contribution < 1.29 is 24.4 Å². The Kier molecular flexibility index (Phi) is 4.80. The lowest BCUT2D eigenvalue weighted by Gasteiger charge is -2.62. The fraction of sp³-hybridized carbons (Fsp3) is 0.586. The number of ether oxygens (including phenoxy) is 1. The summed E-state index contributed by atoms with van der Waals surface area (Å²) in [5.41, 5.74) is -1.13. The van der Waals surface area contributed by atoms with Gasteiger partial charge in [-0.2, -0.15) is 10.2 Å². The zero-order chi connectivity index (χ0) is 26.0. The van der Waals surface area contributed by atoms with Crippen molar-refractivity contribution in [2.24, 2.45) is 11.3 Å². The van der Waals surface area contributed by atoms with Gasteiger partial charge >= 0.3 is 0 Å². The Balaban J connectivity index is 1.32. The molecule has 8 heteroatoms. The quantitative estimate of drug-likeness (QED) is 0.538. The molecule has 7 rings (SSSR count). The molecule has 5 aliphatic rings. The minimum Gasteiger partial charge on any atom is -0.389 e. The predicted octanol–water partition coefficient (Wildman–Crippen LogP) is 2.80. The third-order valence-electron chi connectivity index (χ3n) is 10.6. The van der Waals surface area contributed by atoms with E-state index in [1.54, 1.807) is 6.20 Å². The fourth-order valence-corrected chi connectivity index (χ4v) is 8.69. The summed E-state index contributed by atoms with van der Waals surface area (Å²) in [4.78, 5) is 1.82. The highest BCUT2D eigenvalue weighted by Crippen LogP contribution is 2.70. The second kappa shape index (κ2) is 7.45. The Bertz CT molecular complexity index is 1360. The molecule has 7 nitrogen and oxygen atoms in total. The number of likely N-dealkylation sites (N-methyl/N-ethyl adjacent to an activating group) is 1. The van der Waals surface area contributed by atoms with Crippen LogP contribution in [0.25, 0.3) is 16.5 Å². The number of alkyl halides is 1. The number of hydrogen-bond donors (Lipinski definition) is 3. The highest BCUT2D eigenvalue weighted by Gasteiger charge is 2.79. The molecular formula is C29H34FN3O4. The molecule has 9 unspecified atom stereocenters. The van der Waals surface area contributed by atoms with Crippen LogP contribution in [-0.2, 0) is 4.74 Å². The van der Waals surface area contributed by atoms with Crippen molar-refractivity contribution >= 4 is 16.5 Å². The molecule has 3 N–H and O–H groups in total. The molecule has 1 aromatic heterocycles. The van der Waals surface area contributed by atoms with Crippen molar-refractivity contribution in [3.05, 3.63) is 53.8 Å². The predicted molar refractivity (Wildman–Crippen MR) is 136 cm³/mol. The standard InChI is InChI=1S/C29H34FN3O4/c1-26-10-8-19-24(35)29(30)25(36)23(34)21(33(2)3)15-27(29)11-12-28(19,37-27)22(26)7-5-18(26)16-4-6-20-17(14-16)9-13-31-32-20/h4-6,8-9,13-14,21-25,34-36H,7,10-12,15H2,1-3H3. The molecule has 9 atom stereocenters. The Labute approximate surface area is 215 Å². The Morgan fingerprint density at radius 1 is 1.11 bits per heavy atom. The maximum atomic E-state index is 17.0. The maximum Gasteiger partial charge on any atom is 0.197 e. The number of rotatable bonds is 2. The van der Waals surface area contributed by atoms with E-state index in [-0.39, 0.29) is 17.8 Å². The van der Waals surface area contributed by atoms with E-state index >= 15 is 4.39 Å². The molecule has 3 fully saturated rings. The fourth-order valence-electron chi connectivity index (χ4n) is 8.69. The molecule has 1 saturated carbocycles. The van der Waals surface area contributed by atoms with Crippen LogP contribution in [0.5, 0.6) is 0 Å². The summed E-state index contributed by atoms with van der Waals surface area (Å²) >= 11 is 0. The third-order valence-corrected chi connectivity index (χ3v) is 10.6. The van der Waals surface area contributed by atoms with E-state index in [9.17, 15) is 15.3 Å². The summed E-state index contributed by atoms with van der Waals surface area (Å²) in [6.07, 6.45) is 3.95. The lowest BCUT2D eigenvalue weighted by atomic mass is 9.55. The van der Waals surface area contributed by atoms with Crippen LogP contribution < -0.4 is 0 Å².